The van der Waals surface area contributed by atoms with E-state index in [2.05, 4.69) is 0 Å². The number of aryl methyl sites for hydroxylation is 1. The van der Waals surface area contributed by atoms with Crippen molar-refractivity contribution in [1.29, 1.82) is 0 Å². The van der Waals surface area contributed by atoms with Gasteiger partial charge in [0.15, 0.2) is 0 Å². The highest BCUT2D eigenvalue weighted by molar-refractivity contribution is 7.10. The minimum absolute atomic E-state index is 0.0672. The van der Waals surface area contributed by atoms with E-state index in [0.717, 1.165) is 16.0 Å². The lowest BCUT2D eigenvalue weighted by molar-refractivity contribution is -0.140. The maximum Gasteiger partial charge on any atom is 0.296 e. The van der Waals surface area contributed by atoms with Crippen LogP contribution in [0.4, 0.5) is 0 Å². The standard InChI is InChI=1S/C28H23NO5S/c1-18-6-2-3-7-20(18)17-34-21-12-10-19(11-13-21)26(30)24-25(23-9-5-15-35-23)29(28(32)27(24)31)16-22-8-4-14-33-22/h2-15,25,30H,16-17H2,1H3/b26-24+. The number of benzene rings is 2. The number of nitrogens with zero attached hydrogens (tertiary/aromatic N) is 1. The van der Waals surface area contributed by atoms with E-state index >= 15 is 0 Å². The molecular formula is C28H23NO5S. The lowest BCUT2D eigenvalue weighted by Gasteiger charge is -2.23. The van der Waals surface area contributed by atoms with Gasteiger partial charge in [-0.2, -0.15) is 0 Å². The minimum Gasteiger partial charge on any atom is -0.507 e. The number of Topliss-reactive ketones (excluding diaryl/α,β-unsaturated/α-hetero) is 1. The number of aliphatic hydroxyl groups excluding tert-OH is 1. The first kappa shape index (κ1) is 22.7. The van der Waals surface area contributed by atoms with Crippen LogP contribution in [0.3, 0.4) is 0 Å². The number of ether oxygens (including phenoxy) is 1. The summed E-state index contributed by atoms with van der Waals surface area (Å²) in [6.07, 6.45) is 1.52. The van der Waals surface area contributed by atoms with E-state index < -0.39 is 17.7 Å². The maximum atomic E-state index is 13.1. The van der Waals surface area contributed by atoms with Gasteiger partial charge in [-0.15, -0.1) is 11.3 Å². The fraction of sp³-hybridized carbons (Fsp3) is 0.143. The molecule has 5 rings (SSSR count). The van der Waals surface area contributed by atoms with Crippen molar-refractivity contribution in [3.8, 4) is 5.75 Å². The zero-order valence-corrected chi connectivity index (χ0v) is 19.8. The van der Waals surface area contributed by atoms with Crippen molar-refractivity contribution in [3.63, 3.8) is 0 Å². The predicted octanol–water partition coefficient (Wildman–Crippen LogP) is 5.85. The highest BCUT2D eigenvalue weighted by atomic mass is 32.1. The Morgan fingerprint density at radius 1 is 1.03 bits per heavy atom. The van der Waals surface area contributed by atoms with E-state index in [9.17, 15) is 14.7 Å². The molecule has 2 aromatic carbocycles. The van der Waals surface area contributed by atoms with Crippen LogP contribution in [0, 0.1) is 6.92 Å². The fourth-order valence-electron chi connectivity index (χ4n) is 4.15. The second-order valence-corrected chi connectivity index (χ2v) is 9.24. The summed E-state index contributed by atoms with van der Waals surface area (Å²) in [6.45, 7) is 2.59. The van der Waals surface area contributed by atoms with Crippen molar-refractivity contribution < 1.29 is 23.8 Å². The molecule has 1 aliphatic rings. The van der Waals surface area contributed by atoms with Crippen molar-refractivity contribution >= 4 is 28.8 Å². The molecule has 0 bridgehead atoms. The second kappa shape index (κ2) is 9.64. The van der Waals surface area contributed by atoms with Gasteiger partial charge in [0.25, 0.3) is 11.7 Å². The van der Waals surface area contributed by atoms with Crippen LogP contribution in [0.2, 0.25) is 0 Å². The van der Waals surface area contributed by atoms with Crippen LogP contribution in [0.5, 0.6) is 5.75 Å². The summed E-state index contributed by atoms with van der Waals surface area (Å²) in [7, 11) is 0. The molecule has 6 nitrogen and oxygen atoms in total. The Hall–Kier alpha value is -4.10. The normalized spacial score (nSPS) is 17.2. The Kier molecular flexibility index (Phi) is 6.25. The molecule has 1 atom stereocenters. The highest BCUT2D eigenvalue weighted by Crippen LogP contribution is 2.42. The monoisotopic (exact) mass is 485 g/mol. The van der Waals surface area contributed by atoms with Crippen LogP contribution in [0.1, 0.15) is 33.4 Å². The number of amides is 1. The van der Waals surface area contributed by atoms with Crippen LogP contribution < -0.4 is 4.74 Å². The quantitative estimate of drug-likeness (QED) is 0.202. The number of likely N-dealkylation sites (tertiary alicyclic amines) is 1. The Morgan fingerprint density at radius 3 is 2.51 bits per heavy atom. The van der Waals surface area contributed by atoms with Gasteiger partial charge in [0.2, 0.25) is 0 Å². The van der Waals surface area contributed by atoms with E-state index in [1.807, 2.05) is 48.7 Å². The molecule has 1 fully saturated rings. The van der Waals surface area contributed by atoms with Gasteiger partial charge in [-0.3, -0.25) is 9.59 Å². The van der Waals surface area contributed by atoms with Gasteiger partial charge < -0.3 is 19.2 Å². The van der Waals surface area contributed by atoms with E-state index in [4.69, 9.17) is 9.15 Å². The SMILES string of the molecule is Cc1ccccc1COc1ccc(/C(O)=C2\C(=O)C(=O)N(Cc3ccco3)C2c2cccs2)cc1. The first-order valence-corrected chi connectivity index (χ1v) is 12.0. The Labute approximate surface area is 206 Å². The number of ketones is 1. The van der Waals surface area contributed by atoms with Crippen LogP contribution >= 0.6 is 11.3 Å². The van der Waals surface area contributed by atoms with Crippen molar-refractivity contribution in [2.75, 3.05) is 0 Å². The maximum absolute atomic E-state index is 13.1. The fourth-order valence-corrected chi connectivity index (χ4v) is 5.00. The van der Waals surface area contributed by atoms with E-state index in [1.54, 1.807) is 36.4 Å². The largest absolute Gasteiger partial charge is 0.507 e. The average molecular weight is 486 g/mol. The highest BCUT2D eigenvalue weighted by Gasteiger charge is 2.46. The average Bonchev–Trinajstić information content (AvgIpc) is 3.63. The Balaban J connectivity index is 1.44. The number of aliphatic hydroxyl groups is 1. The van der Waals surface area contributed by atoms with Crippen molar-refractivity contribution in [3.05, 3.63) is 117 Å². The summed E-state index contributed by atoms with van der Waals surface area (Å²) >= 11 is 1.42. The molecule has 1 N–H and O–H groups in total. The molecule has 7 heteroatoms. The molecule has 0 saturated carbocycles. The van der Waals surface area contributed by atoms with E-state index in [1.165, 1.54) is 22.5 Å². The number of carbonyl (C=O) groups is 2. The third-order valence-electron chi connectivity index (χ3n) is 6.04. The van der Waals surface area contributed by atoms with E-state index in [-0.39, 0.29) is 17.9 Å². The van der Waals surface area contributed by atoms with Gasteiger partial charge in [-0.05, 0) is 65.9 Å². The third kappa shape index (κ3) is 4.50. The first-order chi connectivity index (χ1) is 17.0. The van der Waals surface area contributed by atoms with Gasteiger partial charge >= 0.3 is 0 Å². The number of thiophene rings is 1. The minimum atomic E-state index is -0.715. The van der Waals surface area contributed by atoms with Crippen LogP contribution in [-0.2, 0) is 22.7 Å². The zero-order valence-electron chi connectivity index (χ0n) is 19.0. The van der Waals surface area contributed by atoms with Crippen LogP contribution in [0.25, 0.3) is 5.76 Å². The summed E-state index contributed by atoms with van der Waals surface area (Å²) in [5.74, 6) is -0.400. The second-order valence-electron chi connectivity index (χ2n) is 8.26. The summed E-state index contributed by atoms with van der Waals surface area (Å²) in [4.78, 5) is 28.3. The molecule has 1 unspecified atom stereocenters. The lowest BCUT2D eigenvalue weighted by atomic mass is 10.00. The number of carbonyl (C=O) groups excluding carboxylic acids is 2. The summed E-state index contributed by atoms with van der Waals surface area (Å²) in [5, 5.41) is 13.1. The molecule has 0 spiro atoms. The summed E-state index contributed by atoms with van der Waals surface area (Å²) in [6, 6.07) is 21.4. The molecule has 0 radical (unpaired) electrons. The molecule has 3 heterocycles. The van der Waals surface area contributed by atoms with Gasteiger partial charge in [0.1, 0.15) is 29.9 Å². The Bertz CT molecular complexity index is 1370. The number of furan rings is 1. The number of rotatable bonds is 7. The van der Waals surface area contributed by atoms with E-state index in [0.29, 0.717) is 23.7 Å². The molecule has 1 aliphatic heterocycles. The smallest absolute Gasteiger partial charge is 0.296 e. The lowest BCUT2D eigenvalue weighted by Crippen LogP contribution is -2.28. The van der Waals surface area contributed by atoms with Gasteiger partial charge in [0, 0.05) is 10.4 Å². The topological polar surface area (TPSA) is 80.0 Å². The summed E-state index contributed by atoms with van der Waals surface area (Å²) < 4.78 is 11.3. The molecule has 35 heavy (non-hydrogen) atoms. The van der Waals surface area contributed by atoms with Crippen molar-refractivity contribution in [2.24, 2.45) is 0 Å². The van der Waals surface area contributed by atoms with Crippen LogP contribution in [-0.4, -0.2) is 21.7 Å². The molecule has 4 aromatic rings. The number of hydrogen-bond donors (Lipinski definition) is 1. The van der Waals surface area contributed by atoms with Crippen LogP contribution in [0.15, 0.2) is 94.4 Å². The third-order valence-corrected chi connectivity index (χ3v) is 6.97. The molecule has 1 saturated heterocycles. The number of hydrogen-bond acceptors (Lipinski definition) is 6. The van der Waals surface area contributed by atoms with Crippen molar-refractivity contribution in [1.82, 2.24) is 4.90 Å². The molecular weight excluding hydrogens is 462 g/mol. The Morgan fingerprint density at radius 2 is 1.83 bits per heavy atom. The molecule has 2 aromatic heterocycles. The molecule has 1 amide bonds. The predicted molar refractivity (Wildman–Crippen MR) is 133 cm³/mol. The van der Waals surface area contributed by atoms with Gasteiger partial charge in [-0.25, -0.2) is 0 Å². The van der Waals surface area contributed by atoms with Crippen molar-refractivity contribution in [2.45, 2.75) is 26.1 Å². The first-order valence-electron chi connectivity index (χ1n) is 11.1. The molecule has 0 aliphatic carbocycles. The molecule has 176 valence electrons. The van der Waals surface area contributed by atoms with Gasteiger partial charge in [-0.1, -0.05) is 30.3 Å². The van der Waals surface area contributed by atoms with Gasteiger partial charge in [0.05, 0.1) is 18.4 Å². The summed E-state index contributed by atoms with van der Waals surface area (Å²) in [5.41, 5.74) is 2.74. The zero-order chi connectivity index (χ0) is 24.4.